The predicted molar refractivity (Wildman–Crippen MR) is 83.8 cm³/mol. The number of nitrogens with one attached hydrogen (secondary N) is 1. The Morgan fingerprint density at radius 3 is 2.56 bits per heavy atom. The first-order valence-electron chi connectivity index (χ1n) is 6.29. The summed E-state index contributed by atoms with van der Waals surface area (Å²) in [5, 5.41) is 3.68. The van der Waals surface area contributed by atoms with Crippen LogP contribution in [0.2, 0.25) is 0 Å². The number of fused-ring (bicyclic) bond motifs is 1. The molecule has 1 nitrogen and oxygen atoms in total. The van der Waals surface area contributed by atoms with Crippen molar-refractivity contribution >= 4 is 22.6 Å². The summed E-state index contributed by atoms with van der Waals surface area (Å²) in [6, 6.07) is 17.6. The van der Waals surface area contributed by atoms with Gasteiger partial charge >= 0.3 is 0 Å². The number of hydrogen-bond donors (Lipinski definition) is 1. The first-order valence-corrected chi connectivity index (χ1v) is 7.37. The van der Waals surface area contributed by atoms with Crippen molar-refractivity contribution in [3.63, 3.8) is 0 Å². The van der Waals surface area contributed by atoms with E-state index in [4.69, 9.17) is 0 Å². The molecule has 0 aliphatic carbocycles. The highest BCUT2D eigenvalue weighted by molar-refractivity contribution is 14.1. The minimum absolute atomic E-state index is 0.0564. The average molecular weight is 349 g/mol. The van der Waals surface area contributed by atoms with Crippen molar-refractivity contribution in [2.75, 3.05) is 6.54 Å². The monoisotopic (exact) mass is 349 g/mol. The molecule has 1 aliphatic rings. The molecular formula is C16H16IN. The zero-order valence-electron chi connectivity index (χ0n) is 10.4. The maximum Gasteiger partial charge on any atom is 0.0664 e. The van der Waals surface area contributed by atoms with Crippen molar-refractivity contribution in [1.29, 1.82) is 0 Å². The van der Waals surface area contributed by atoms with E-state index < -0.39 is 0 Å². The fraction of sp³-hybridized carbons (Fsp3) is 0.250. The van der Waals surface area contributed by atoms with Gasteiger partial charge < -0.3 is 5.32 Å². The first-order chi connectivity index (χ1) is 8.70. The smallest absolute Gasteiger partial charge is 0.0664 e. The van der Waals surface area contributed by atoms with Crippen LogP contribution in [0.5, 0.6) is 0 Å². The van der Waals surface area contributed by atoms with Crippen LogP contribution in [0.4, 0.5) is 0 Å². The average Bonchev–Trinajstić information content (AvgIpc) is 2.40. The van der Waals surface area contributed by atoms with Gasteiger partial charge in [-0.3, -0.25) is 0 Å². The molecule has 0 fully saturated rings. The van der Waals surface area contributed by atoms with Crippen LogP contribution in [-0.2, 0) is 12.0 Å². The van der Waals surface area contributed by atoms with E-state index in [-0.39, 0.29) is 5.54 Å². The summed E-state index contributed by atoms with van der Waals surface area (Å²) in [6.07, 6.45) is 1.12. The van der Waals surface area contributed by atoms with E-state index in [1.807, 2.05) is 0 Å². The van der Waals surface area contributed by atoms with E-state index in [9.17, 15) is 0 Å². The van der Waals surface area contributed by atoms with Gasteiger partial charge in [-0.15, -0.1) is 0 Å². The second-order valence-corrected chi connectivity index (χ2v) is 6.21. The lowest BCUT2D eigenvalue weighted by Crippen LogP contribution is -2.45. The van der Waals surface area contributed by atoms with E-state index in [1.165, 1.54) is 20.3 Å². The molecule has 92 valence electrons. The van der Waals surface area contributed by atoms with E-state index in [1.54, 1.807) is 0 Å². The predicted octanol–water partition coefficient (Wildman–Crippen LogP) is 3.70. The molecule has 18 heavy (non-hydrogen) atoms. The summed E-state index contributed by atoms with van der Waals surface area (Å²) < 4.78 is 1.28. The molecule has 0 radical (unpaired) electrons. The van der Waals surface area contributed by atoms with E-state index in [2.05, 4.69) is 83.4 Å². The molecule has 2 aromatic rings. The molecule has 0 spiro atoms. The van der Waals surface area contributed by atoms with Gasteiger partial charge in [0.2, 0.25) is 0 Å². The molecule has 1 unspecified atom stereocenters. The van der Waals surface area contributed by atoms with Crippen LogP contribution in [0.3, 0.4) is 0 Å². The zero-order chi connectivity index (χ0) is 12.6. The highest BCUT2D eigenvalue weighted by Crippen LogP contribution is 2.34. The van der Waals surface area contributed by atoms with E-state index in [0.29, 0.717) is 0 Å². The zero-order valence-corrected chi connectivity index (χ0v) is 12.6. The molecule has 1 aliphatic heterocycles. The minimum atomic E-state index is -0.0564. The molecule has 0 bridgehead atoms. The standard InChI is InChI=1S/C16H16IN/c1-16(13-6-8-14(17)9-7-13)15-5-3-2-4-12(15)10-11-18-16/h2-9,18H,10-11H2,1H3. The fourth-order valence-electron chi connectivity index (χ4n) is 2.81. The van der Waals surface area contributed by atoms with Gasteiger partial charge in [0.15, 0.2) is 0 Å². The van der Waals surface area contributed by atoms with Crippen LogP contribution in [0.15, 0.2) is 48.5 Å². The summed E-state index contributed by atoms with van der Waals surface area (Å²) in [6.45, 7) is 3.33. The van der Waals surface area contributed by atoms with Crippen LogP contribution in [0, 0.1) is 3.57 Å². The molecule has 3 rings (SSSR count). The van der Waals surface area contributed by atoms with Crippen LogP contribution in [0.25, 0.3) is 0 Å². The van der Waals surface area contributed by atoms with E-state index >= 15 is 0 Å². The fourth-order valence-corrected chi connectivity index (χ4v) is 3.17. The Morgan fingerprint density at radius 1 is 1.06 bits per heavy atom. The Labute approximate surface area is 122 Å². The Bertz CT molecular complexity index is 562. The SMILES string of the molecule is CC1(c2ccc(I)cc2)NCCc2ccccc21. The molecule has 1 N–H and O–H groups in total. The Hall–Kier alpha value is -0.870. The molecule has 0 saturated carbocycles. The second kappa shape index (κ2) is 4.67. The van der Waals surface area contributed by atoms with Crippen LogP contribution in [0.1, 0.15) is 23.6 Å². The number of benzene rings is 2. The van der Waals surface area contributed by atoms with Gasteiger partial charge in [0, 0.05) is 10.1 Å². The topological polar surface area (TPSA) is 12.0 Å². The number of halogens is 1. The molecular weight excluding hydrogens is 333 g/mol. The van der Waals surface area contributed by atoms with Crippen molar-refractivity contribution in [2.45, 2.75) is 18.9 Å². The summed E-state index contributed by atoms with van der Waals surface area (Å²) in [5.41, 5.74) is 4.17. The molecule has 0 saturated heterocycles. The second-order valence-electron chi connectivity index (χ2n) is 4.97. The van der Waals surface area contributed by atoms with Gasteiger partial charge in [0.25, 0.3) is 0 Å². The van der Waals surface area contributed by atoms with Gasteiger partial charge in [-0.05, 0) is 64.8 Å². The maximum absolute atomic E-state index is 3.68. The molecule has 2 heteroatoms. The summed E-state index contributed by atoms with van der Waals surface area (Å²) >= 11 is 2.35. The summed E-state index contributed by atoms with van der Waals surface area (Å²) in [5.74, 6) is 0. The summed E-state index contributed by atoms with van der Waals surface area (Å²) in [4.78, 5) is 0. The lowest BCUT2D eigenvalue weighted by atomic mass is 9.79. The quantitative estimate of drug-likeness (QED) is 0.775. The third kappa shape index (κ3) is 1.97. The largest absolute Gasteiger partial charge is 0.304 e. The highest BCUT2D eigenvalue weighted by Gasteiger charge is 2.32. The minimum Gasteiger partial charge on any atom is -0.304 e. The van der Waals surface area contributed by atoms with Crippen LogP contribution in [-0.4, -0.2) is 6.54 Å². The van der Waals surface area contributed by atoms with E-state index in [0.717, 1.165) is 13.0 Å². The van der Waals surface area contributed by atoms with Crippen molar-refractivity contribution < 1.29 is 0 Å². The number of hydrogen-bond acceptors (Lipinski definition) is 1. The Balaban J connectivity index is 2.13. The van der Waals surface area contributed by atoms with Gasteiger partial charge in [-0.2, -0.15) is 0 Å². The molecule has 1 heterocycles. The third-order valence-electron chi connectivity index (χ3n) is 3.85. The Kier molecular flexibility index (Phi) is 3.16. The highest BCUT2D eigenvalue weighted by atomic mass is 127. The number of rotatable bonds is 1. The lowest BCUT2D eigenvalue weighted by molar-refractivity contribution is 0.415. The van der Waals surface area contributed by atoms with Gasteiger partial charge in [-0.25, -0.2) is 0 Å². The molecule has 1 atom stereocenters. The van der Waals surface area contributed by atoms with Crippen molar-refractivity contribution in [3.05, 3.63) is 68.8 Å². The first kappa shape index (κ1) is 12.2. The third-order valence-corrected chi connectivity index (χ3v) is 4.57. The molecule has 2 aromatic carbocycles. The van der Waals surface area contributed by atoms with Crippen LogP contribution >= 0.6 is 22.6 Å². The molecule has 0 aromatic heterocycles. The van der Waals surface area contributed by atoms with Crippen molar-refractivity contribution in [1.82, 2.24) is 5.32 Å². The van der Waals surface area contributed by atoms with Gasteiger partial charge in [0.05, 0.1) is 5.54 Å². The summed E-state index contributed by atoms with van der Waals surface area (Å²) in [7, 11) is 0. The Morgan fingerprint density at radius 2 is 1.78 bits per heavy atom. The maximum atomic E-state index is 3.68. The van der Waals surface area contributed by atoms with Gasteiger partial charge in [0.1, 0.15) is 0 Å². The van der Waals surface area contributed by atoms with Gasteiger partial charge in [-0.1, -0.05) is 36.4 Å². The normalized spacial score (nSPS) is 22.6. The van der Waals surface area contributed by atoms with Crippen molar-refractivity contribution in [3.8, 4) is 0 Å². The lowest BCUT2D eigenvalue weighted by Gasteiger charge is -2.37. The molecule has 0 amide bonds. The van der Waals surface area contributed by atoms with Crippen LogP contribution < -0.4 is 5.32 Å². The van der Waals surface area contributed by atoms with Crippen molar-refractivity contribution in [2.24, 2.45) is 0 Å².